The lowest BCUT2D eigenvalue weighted by Crippen LogP contribution is -2.40. The van der Waals surface area contributed by atoms with E-state index in [1.54, 1.807) is 13.0 Å². The van der Waals surface area contributed by atoms with E-state index in [4.69, 9.17) is 9.84 Å². The Kier molecular flexibility index (Phi) is 4.70. The Balaban J connectivity index is 1.95. The molecule has 1 fully saturated rings. The maximum Gasteiger partial charge on any atom is 0.335 e. The first kappa shape index (κ1) is 14.5. The average Bonchev–Trinajstić information content (AvgIpc) is 2.42. The third kappa shape index (κ3) is 3.79. The van der Waals surface area contributed by atoms with Crippen molar-refractivity contribution in [3.8, 4) is 0 Å². The quantitative estimate of drug-likeness (QED) is 0.765. The van der Waals surface area contributed by atoms with Gasteiger partial charge in [-0.15, -0.1) is 0 Å². The first-order valence-corrected chi connectivity index (χ1v) is 6.52. The Morgan fingerprint density at radius 1 is 1.50 bits per heavy atom. The standard InChI is InChI=1S/C14H18N2O4/c1-9-6-10(14(18)19)2-3-12(9)16-13(17)7-11-8-15-4-5-20-11/h2-3,6,11,15H,4-5,7-8H2,1H3,(H,16,17)(H,18,19). The zero-order valence-electron chi connectivity index (χ0n) is 11.3. The first-order chi connectivity index (χ1) is 9.56. The van der Waals surface area contributed by atoms with Gasteiger partial charge in [-0.2, -0.15) is 0 Å². The van der Waals surface area contributed by atoms with E-state index in [0.29, 0.717) is 18.8 Å². The van der Waals surface area contributed by atoms with Gasteiger partial charge in [0, 0.05) is 18.8 Å². The number of rotatable bonds is 4. The van der Waals surface area contributed by atoms with Crippen molar-refractivity contribution in [3.63, 3.8) is 0 Å². The highest BCUT2D eigenvalue weighted by molar-refractivity contribution is 5.93. The molecule has 1 heterocycles. The zero-order chi connectivity index (χ0) is 14.5. The monoisotopic (exact) mass is 278 g/mol. The van der Waals surface area contributed by atoms with Gasteiger partial charge in [-0.25, -0.2) is 4.79 Å². The van der Waals surface area contributed by atoms with E-state index >= 15 is 0 Å². The fourth-order valence-electron chi connectivity index (χ4n) is 2.10. The molecule has 0 bridgehead atoms. The van der Waals surface area contributed by atoms with Gasteiger partial charge >= 0.3 is 5.97 Å². The van der Waals surface area contributed by atoms with Gasteiger partial charge in [-0.05, 0) is 30.7 Å². The maximum atomic E-state index is 11.9. The van der Waals surface area contributed by atoms with Gasteiger partial charge in [-0.3, -0.25) is 4.79 Å². The van der Waals surface area contributed by atoms with Gasteiger partial charge in [-0.1, -0.05) is 0 Å². The molecule has 2 rings (SSSR count). The number of aromatic carboxylic acids is 1. The predicted molar refractivity (Wildman–Crippen MR) is 74.0 cm³/mol. The van der Waals surface area contributed by atoms with Crippen LogP contribution in [-0.2, 0) is 9.53 Å². The number of nitrogens with one attached hydrogen (secondary N) is 2. The predicted octanol–water partition coefficient (Wildman–Crippen LogP) is 1.01. The van der Waals surface area contributed by atoms with Crippen LogP contribution >= 0.6 is 0 Å². The summed E-state index contributed by atoms with van der Waals surface area (Å²) < 4.78 is 5.47. The number of carboxylic acids is 1. The Morgan fingerprint density at radius 3 is 2.90 bits per heavy atom. The van der Waals surface area contributed by atoms with Gasteiger partial charge in [0.1, 0.15) is 0 Å². The van der Waals surface area contributed by atoms with Crippen LogP contribution in [0.25, 0.3) is 0 Å². The number of carboxylic acid groups (broad SMARTS) is 1. The van der Waals surface area contributed by atoms with Crippen LogP contribution in [0, 0.1) is 6.92 Å². The minimum Gasteiger partial charge on any atom is -0.478 e. The summed E-state index contributed by atoms with van der Waals surface area (Å²) in [5.74, 6) is -1.11. The summed E-state index contributed by atoms with van der Waals surface area (Å²) in [5, 5.41) is 14.8. The largest absolute Gasteiger partial charge is 0.478 e. The van der Waals surface area contributed by atoms with Crippen molar-refractivity contribution in [2.45, 2.75) is 19.4 Å². The van der Waals surface area contributed by atoms with Crippen LogP contribution < -0.4 is 10.6 Å². The number of hydrogen-bond acceptors (Lipinski definition) is 4. The molecule has 1 unspecified atom stereocenters. The smallest absolute Gasteiger partial charge is 0.335 e. The number of carbonyl (C=O) groups excluding carboxylic acids is 1. The van der Waals surface area contributed by atoms with E-state index in [-0.39, 0.29) is 24.0 Å². The summed E-state index contributed by atoms with van der Waals surface area (Å²) in [7, 11) is 0. The summed E-state index contributed by atoms with van der Waals surface area (Å²) in [6, 6.07) is 4.62. The Labute approximate surface area is 117 Å². The molecule has 6 nitrogen and oxygen atoms in total. The van der Waals surface area contributed by atoms with Gasteiger partial charge in [0.25, 0.3) is 0 Å². The zero-order valence-corrected chi connectivity index (χ0v) is 11.3. The topological polar surface area (TPSA) is 87.7 Å². The van der Waals surface area contributed by atoms with Gasteiger partial charge in [0.05, 0.1) is 24.7 Å². The number of carbonyl (C=O) groups is 2. The van der Waals surface area contributed by atoms with Crippen LogP contribution in [0.1, 0.15) is 22.3 Å². The van der Waals surface area contributed by atoms with E-state index in [0.717, 1.165) is 12.1 Å². The molecule has 1 atom stereocenters. The highest BCUT2D eigenvalue weighted by Crippen LogP contribution is 2.17. The summed E-state index contributed by atoms with van der Waals surface area (Å²) in [6.07, 6.45) is 0.176. The normalized spacial score (nSPS) is 18.6. The fraction of sp³-hybridized carbons (Fsp3) is 0.429. The minimum absolute atomic E-state index is 0.109. The van der Waals surface area contributed by atoms with Gasteiger partial charge in [0.15, 0.2) is 0 Å². The molecule has 1 aromatic carbocycles. The second-order valence-corrected chi connectivity index (χ2v) is 4.78. The molecule has 6 heteroatoms. The van der Waals surface area contributed by atoms with Crippen molar-refractivity contribution in [3.05, 3.63) is 29.3 Å². The third-order valence-electron chi connectivity index (χ3n) is 3.16. The summed E-state index contributed by atoms with van der Waals surface area (Å²) in [4.78, 5) is 22.8. The number of ether oxygens (including phenoxy) is 1. The average molecular weight is 278 g/mol. The van der Waals surface area contributed by atoms with E-state index in [1.807, 2.05) is 0 Å². The van der Waals surface area contributed by atoms with Crippen LogP contribution in [0.2, 0.25) is 0 Å². The van der Waals surface area contributed by atoms with Crippen molar-refractivity contribution in [1.82, 2.24) is 5.32 Å². The molecular weight excluding hydrogens is 260 g/mol. The van der Waals surface area contributed by atoms with Crippen molar-refractivity contribution in [2.75, 3.05) is 25.0 Å². The molecule has 20 heavy (non-hydrogen) atoms. The van der Waals surface area contributed by atoms with Gasteiger partial charge < -0.3 is 20.5 Å². The minimum atomic E-state index is -0.979. The second-order valence-electron chi connectivity index (χ2n) is 4.78. The Morgan fingerprint density at radius 2 is 2.30 bits per heavy atom. The van der Waals surface area contributed by atoms with E-state index < -0.39 is 5.97 Å². The van der Waals surface area contributed by atoms with E-state index in [1.165, 1.54) is 12.1 Å². The number of benzene rings is 1. The summed E-state index contributed by atoms with van der Waals surface area (Å²) in [6.45, 7) is 3.86. The molecule has 1 aliphatic heterocycles. The summed E-state index contributed by atoms with van der Waals surface area (Å²) in [5.41, 5.74) is 1.56. The van der Waals surface area contributed by atoms with Crippen LogP contribution in [0.4, 0.5) is 5.69 Å². The SMILES string of the molecule is Cc1cc(C(=O)O)ccc1NC(=O)CC1CNCCO1. The number of hydrogen-bond donors (Lipinski definition) is 3. The molecule has 0 aliphatic carbocycles. The number of aryl methyl sites for hydroxylation is 1. The number of amides is 1. The molecular formula is C14H18N2O4. The second kappa shape index (κ2) is 6.49. The first-order valence-electron chi connectivity index (χ1n) is 6.52. The van der Waals surface area contributed by atoms with Crippen molar-refractivity contribution < 1.29 is 19.4 Å². The summed E-state index contributed by atoms with van der Waals surface area (Å²) >= 11 is 0. The van der Waals surface area contributed by atoms with Crippen LogP contribution in [0.3, 0.4) is 0 Å². The van der Waals surface area contributed by atoms with Crippen molar-refractivity contribution in [2.24, 2.45) is 0 Å². The molecule has 0 spiro atoms. The van der Waals surface area contributed by atoms with Crippen molar-refractivity contribution in [1.29, 1.82) is 0 Å². The van der Waals surface area contributed by atoms with Crippen LogP contribution in [0.5, 0.6) is 0 Å². The number of morpholine rings is 1. The van der Waals surface area contributed by atoms with Crippen LogP contribution in [0.15, 0.2) is 18.2 Å². The van der Waals surface area contributed by atoms with Crippen LogP contribution in [-0.4, -0.2) is 42.8 Å². The molecule has 1 aromatic rings. The fourth-order valence-corrected chi connectivity index (χ4v) is 2.10. The third-order valence-corrected chi connectivity index (χ3v) is 3.16. The lowest BCUT2D eigenvalue weighted by Gasteiger charge is -2.23. The highest BCUT2D eigenvalue weighted by atomic mass is 16.5. The van der Waals surface area contributed by atoms with Crippen molar-refractivity contribution >= 4 is 17.6 Å². The molecule has 0 aromatic heterocycles. The molecule has 3 N–H and O–H groups in total. The van der Waals surface area contributed by atoms with Gasteiger partial charge in [0.2, 0.25) is 5.91 Å². The molecule has 1 aliphatic rings. The van der Waals surface area contributed by atoms with E-state index in [9.17, 15) is 9.59 Å². The molecule has 0 radical (unpaired) electrons. The lowest BCUT2D eigenvalue weighted by atomic mass is 10.1. The molecule has 108 valence electrons. The molecule has 1 amide bonds. The molecule has 1 saturated heterocycles. The Bertz CT molecular complexity index is 510. The lowest BCUT2D eigenvalue weighted by molar-refractivity contribution is -0.119. The Hall–Kier alpha value is -1.92. The maximum absolute atomic E-state index is 11.9. The highest BCUT2D eigenvalue weighted by Gasteiger charge is 2.17. The van der Waals surface area contributed by atoms with E-state index in [2.05, 4.69) is 10.6 Å². The molecule has 0 saturated carbocycles. The number of anilines is 1.